The highest BCUT2D eigenvalue weighted by atomic mass is 16.3. The molecule has 0 aliphatic rings. The molecule has 1 atom stereocenters. The summed E-state index contributed by atoms with van der Waals surface area (Å²) in [5.74, 6) is 1.67. The summed E-state index contributed by atoms with van der Waals surface area (Å²) >= 11 is 0. The van der Waals surface area contributed by atoms with Crippen molar-refractivity contribution in [1.29, 1.82) is 0 Å². The number of furan rings is 1. The van der Waals surface area contributed by atoms with Crippen LogP contribution in [0, 0.1) is 13.8 Å². The van der Waals surface area contributed by atoms with Gasteiger partial charge in [-0.25, -0.2) is 9.97 Å². The molecule has 3 aromatic heterocycles. The van der Waals surface area contributed by atoms with E-state index < -0.39 is 5.60 Å². The van der Waals surface area contributed by atoms with Crippen molar-refractivity contribution in [2.75, 3.05) is 6.54 Å². The fourth-order valence-corrected chi connectivity index (χ4v) is 2.71. The number of imidazole rings is 1. The van der Waals surface area contributed by atoms with E-state index in [1.165, 1.54) is 0 Å². The molecular formula is C18H20N4O3. The summed E-state index contributed by atoms with van der Waals surface area (Å²) in [6.45, 7) is 5.32. The van der Waals surface area contributed by atoms with E-state index in [1.807, 2.05) is 6.92 Å². The largest absolute Gasteiger partial charge is 0.466 e. The molecule has 3 rings (SSSR count). The zero-order valence-corrected chi connectivity index (χ0v) is 14.4. The Balaban J connectivity index is 1.72. The molecule has 0 aliphatic carbocycles. The predicted molar refractivity (Wildman–Crippen MR) is 91.4 cm³/mol. The van der Waals surface area contributed by atoms with E-state index in [4.69, 9.17) is 4.42 Å². The molecule has 0 fully saturated rings. The average molecular weight is 340 g/mol. The van der Waals surface area contributed by atoms with E-state index in [9.17, 15) is 9.90 Å². The topological polar surface area (TPSA) is 93.2 Å². The number of amides is 1. The molecule has 1 amide bonds. The first-order valence-electron chi connectivity index (χ1n) is 7.89. The lowest BCUT2D eigenvalue weighted by Crippen LogP contribution is -2.38. The number of hydrogen-bond acceptors (Lipinski definition) is 5. The zero-order valence-electron chi connectivity index (χ0n) is 14.4. The van der Waals surface area contributed by atoms with Crippen LogP contribution >= 0.6 is 0 Å². The highest BCUT2D eigenvalue weighted by Crippen LogP contribution is 2.26. The monoisotopic (exact) mass is 340 g/mol. The Morgan fingerprint density at radius 2 is 2.16 bits per heavy atom. The van der Waals surface area contributed by atoms with Gasteiger partial charge in [-0.3, -0.25) is 9.36 Å². The molecule has 0 aliphatic heterocycles. The quantitative estimate of drug-likeness (QED) is 0.742. The summed E-state index contributed by atoms with van der Waals surface area (Å²) in [6.07, 6.45) is 6.56. The molecule has 1 unspecified atom stereocenters. The molecule has 2 N–H and O–H groups in total. The second-order valence-corrected chi connectivity index (χ2v) is 6.16. The standard InChI is InChI=1S/C18H20N4O3/c1-12-8-15(13(2)25-12)18(3,24)10-21-17(23)14-4-5-20-16(9-14)22-7-6-19-11-22/h4-9,11,24H,10H2,1-3H3,(H,21,23). The second kappa shape index (κ2) is 6.52. The van der Waals surface area contributed by atoms with Crippen LogP contribution in [0.4, 0.5) is 0 Å². The van der Waals surface area contributed by atoms with Gasteiger partial charge in [-0.2, -0.15) is 0 Å². The Morgan fingerprint density at radius 3 is 2.80 bits per heavy atom. The number of aromatic nitrogens is 3. The molecule has 7 nitrogen and oxygen atoms in total. The van der Waals surface area contributed by atoms with Crippen LogP contribution in [0.15, 0.2) is 47.5 Å². The van der Waals surface area contributed by atoms with Crippen molar-refractivity contribution >= 4 is 5.91 Å². The maximum absolute atomic E-state index is 12.4. The Morgan fingerprint density at radius 1 is 1.36 bits per heavy atom. The lowest BCUT2D eigenvalue weighted by atomic mass is 9.96. The first-order chi connectivity index (χ1) is 11.9. The van der Waals surface area contributed by atoms with Gasteiger partial charge >= 0.3 is 0 Å². The molecule has 0 spiro atoms. The molecule has 0 bridgehead atoms. The maximum Gasteiger partial charge on any atom is 0.251 e. The maximum atomic E-state index is 12.4. The molecule has 0 saturated heterocycles. The highest BCUT2D eigenvalue weighted by Gasteiger charge is 2.28. The number of nitrogens with zero attached hydrogens (tertiary/aromatic N) is 3. The van der Waals surface area contributed by atoms with Crippen LogP contribution < -0.4 is 5.32 Å². The van der Waals surface area contributed by atoms with E-state index in [1.54, 1.807) is 61.5 Å². The number of carbonyl (C=O) groups excluding carboxylic acids is 1. The number of carbonyl (C=O) groups is 1. The van der Waals surface area contributed by atoms with Crippen LogP contribution in [0.3, 0.4) is 0 Å². The van der Waals surface area contributed by atoms with Gasteiger partial charge in [-0.05, 0) is 39.0 Å². The molecular weight excluding hydrogens is 320 g/mol. The fourth-order valence-electron chi connectivity index (χ4n) is 2.71. The molecule has 0 radical (unpaired) electrons. The first kappa shape index (κ1) is 16.9. The van der Waals surface area contributed by atoms with Crippen molar-refractivity contribution in [3.05, 3.63) is 65.8 Å². The van der Waals surface area contributed by atoms with Gasteiger partial charge < -0.3 is 14.8 Å². The van der Waals surface area contributed by atoms with Crippen molar-refractivity contribution in [1.82, 2.24) is 19.9 Å². The Kier molecular flexibility index (Phi) is 4.41. The Labute approximate surface area is 145 Å². The molecule has 3 heterocycles. The van der Waals surface area contributed by atoms with Gasteiger partial charge in [0.15, 0.2) is 0 Å². The van der Waals surface area contributed by atoms with Crippen molar-refractivity contribution in [2.24, 2.45) is 0 Å². The third-order valence-electron chi connectivity index (χ3n) is 3.99. The Bertz CT molecular complexity index is 882. The van der Waals surface area contributed by atoms with E-state index in [2.05, 4.69) is 15.3 Å². The van der Waals surface area contributed by atoms with Crippen LogP contribution in [0.2, 0.25) is 0 Å². The number of aryl methyl sites for hydroxylation is 2. The summed E-state index contributed by atoms with van der Waals surface area (Å²) in [6, 6.07) is 5.07. The van der Waals surface area contributed by atoms with Gasteiger partial charge in [-0.1, -0.05) is 0 Å². The predicted octanol–water partition coefficient (Wildman–Crippen LogP) is 2.11. The van der Waals surface area contributed by atoms with Crippen molar-refractivity contribution in [2.45, 2.75) is 26.4 Å². The van der Waals surface area contributed by atoms with Gasteiger partial charge in [0.1, 0.15) is 29.3 Å². The van der Waals surface area contributed by atoms with Crippen molar-refractivity contribution < 1.29 is 14.3 Å². The Hall–Kier alpha value is -2.93. The SMILES string of the molecule is Cc1cc(C(C)(O)CNC(=O)c2ccnc(-n3ccnc3)c2)c(C)o1. The lowest BCUT2D eigenvalue weighted by molar-refractivity contribution is 0.0514. The summed E-state index contributed by atoms with van der Waals surface area (Å²) in [5.41, 5.74) is -0.105. The second-order valence-electron chi connectivity index (χ2n) is 6.16. The highest BCUT2D eigenvalue weighted by molar-refractivity contribution is 5.94. The fraction of sp³-hybridized carbons (Fsp3) is 0.278. The van der Waals surface area contributed by atoms with Gasteiger partial charge in [0.25, 0.3) is 5.91 Å². The minimum absolute atomic E-state index is 0.0639. The van der Waals surface area contributed by atoms with Crippen LogP contribution in [0.5, 0.6) is 0 Å². The first-order valence-corrected chi connectivity index (χ1v) is 7.89. The van der Waals surface area contributed by atoms with Crippen LogP contribution in [0.1, 0.15) is 34.4 Å². The average Bonchev–Trinajstić information content (AvgIpc) is 3.22. The van der Waals surface area contributed by atoms with Gasteiger partial charge in [-0.15, -0.1) is 0 Å². The zero-order chi connectivity index (χ0) is 18.0. The van der Waals surface area contributed by atoms with E-state index >= 15 is 0 Å². The molecule has 3 aromatic rings. The number of nitrogens with one attached hydrogen (secondary N) is 1. The van der Waals surface area contributed by atoms with Crippen LogP contribution in [-0.2, 0) is 5.60 Å². The third-order valence-corrected chi connectivity index (χ3v) is 3.99. The molecule has 0 saturated carbocycles. The van der Waals surface area contributed by atoms with Crippen LogP contribution in [-0.4, -0.2) is 32.1 Å². The van der Waals surface area contributed by atoms with E-state index in [0.29, 0.717) is 22.7 Å². The van der Waals surface area contributed by atoms with Gasteiger partial charge in [0.2, 0.25) is 0 Å². The van der Waals surface area contributed by atoms with E-state index in [-0.39, 0.29) is 12.5 Å². The normalized spacial score (nSPS) is 13.4. The van der Waals surface area contributed by atoms with E-state index in [0.717, 1.165) is 5.76 Å². The minimum atomic E-state index is -1.22. The summed E-state index contributed by atoms with van der Waals surface area (Å²) in [4.78, 5) is 20.6. The lowest BCUT2D eigenvalue weighted by Gasteiger charge is -2.23. The molecule has 7 heteroatoms. The molecule has 25 heavy (non-hydrogen) atoms. The third kappa shape index (κ3) is 3.61. The smallest absolute Gasteiger partial charge is 0.251 e. The summed E-state index contributed by atoms with van der Waals surface area (Å²) in [7, 11) is 0. The number of pyridine rings is 1. The number of rotatable bonds is 5. The summed E-state index contributed by atoms with van der Waals surface area (Å²) < 4.78 is 7.17. The molecule has 0 aromatic carbocycles. The van der Waals surface area contributed by atoms with Crippen molar-refractivity contribution in [3.8, 4) is 5.82 Å². The van der Waals surface area contributed by atoms with Gasteiger partial charge in [0, 0.05) is 29.7 Å². The number of aliphatic hydroxyl groups is 1. The number of hydrogen-bond donors (Lipinski definition) is 2. The van der Waals surface area contributed by atoms with Crippen molar-refractivity contribution in [3.63, 3.8) is 0 Å². The molecule has 130 valence electrons. The minimum Gasteiger partial charge on any atom is -0.466 e. The summed E-state index contributed by atoms with van der Waals surface area (Å²) in [5, 5.41) is 13.4. The van der Waals surface area contributed by atoms with Crippen LogP contribution in [0.25, 0.3) is 5.82 Å². The van der Waals surface area contributed by atoms with Gasteiger partial charge in [0.05, 0.1) is 6.54 Å².